The molecule has 8 heterocycles. The van der Waals surface area contributed by atoms with Gasteiger partial charge in [0.05, 0.1) is 7.11 Å². The molecule has 0 aromatic carbocycles. The lowest BCUT2D eigenvalue weighted by Crippen LogP contribution is -2.21. The topological polar surface area (TPSA) is 118 Å². The molecule has 8 rings (SSSR count). The smallest absolute Gasteiger partial charge is 0.181 e. The predicted octanol–water partition coefficient (Wildman–Crippen LogP) is 6.20. The first-order chi connectivity index (χ1) is 22.5. The van der Waals surface area contributed by atoms with Gasteiger partial charge < -0.3 is 16.0 Å². The minimum atomic E-state index is 0.807. The molecule has 2 aliphatic rings. The summed E-state index contributed by atoms with van der Waals surface area (Å²) < 4.78 is 11.4. The normalized spacial score (nSPS) is 15.8. The summed E-state index contributed by atoms with van der Waals surface area (Å²) in [6.45, 7) is 7.91. The standard InChI is InChI=1S/C16H19N5O2S2.C15H17N5S/c1-10-9-18-15-14(17-2)19-12-8-13(24-16(12)21(10)15)11-4-6-20(7-5-11)25-23-22-3;1-9-8-18-14-13(16-2)19-11-7-12(21-15(11)20(9)14)10-3-5-17-6-4-10/h4,8-9H,5-7H2,1-3H3,(H,17,19);3,7-8,17H,4-6H2,1-2H3,(H,16,19). The number of nitrogens with zero attached hydrogens (tertiary/aromatic N) is 7. The molecule has 12 nitrogen and oxygen atoms in total. The number of anilines is 2. The Morgan fingerprint density at radius 1 is 0.848 bits per heavy atom. The van der Waals surface area contributed by atoms with Crippen molar-refractivity contribution in [2.24, 2.45) is 0 Å². The van der Waals surface area contributed by atoms with Crippen molar-refractivity contribution in [3.8, 4) is 0 Å². The van der Waals surface area contributed by atoms with E-state index in [-0.39, 0.29) is 0 Å². The van der Waals surface area contributed by atoms with Gasteiger partial charge in [-0.2, -0.15) is 0 Å². The van der Waals surface area contributed by atoms with Gasteiger partial charge in [-0.05, 0) is 56.5 Å². The molecular formula is C31H36N10O2S3. The number of aryl methyl sites for hydroxylation is 2. The molecular weight excluding hydrogens is 641 g/mol. The summed E-state index contributed by atoms with van der Waals surface area (Å²) in [4.78, 5) is 28.0. The van der Waals surface area contributed by atoms with Crippen LogP contribution in [0, 0.1) is 13.8 Å². The summed E-state index contributed by atoms with van der Waals surface area (Å²) >= 11 is 4.83. The summed E-state index contributed by atoms with van der Waals surface area (Å²) in [6, 6.07) is 4.39. The first kappa shape index (κ1) is 31.1. The number of nitrogens with one attached hydrogen (secondary N) is 3. The Morgan fingerprint density at radius 2 is 1.43 bits per heavy atom. The van der Waals surface area contributed by atoms with E-state index in [2.05, 4.69) is 82.0 Å². The van der Waals surface area contributed by atoms with Gasteiger partial charge in [0.1, 0.15) is 32.9 Å². The Morgan fingerprint density at radius 3 is 1.91 bits per heavy atom. The number of aromatic nitrogens is 6. The van der Waals surface area contributed by atoms with Crippen molar-refractivity contribution in [2.45, 2.75) is 26.7 Å². The molecule has 240 valence electrons. The molecule has 6 aromatic rings. The Kier molecular flexibility index (Phi) is 8.96. The summed E-state index contributed by atoms with van der Waals surface area (Å²) in [6.07, 6.45) is 10.4. The monoisotopic (exact) mass is 676 g/mol. The molecule has 46 heavy (non-hydrogen) atoms. The van der Waals surface area contributed by atoms with Crippen LogP contribution in [0.1, 0.15) is 34.0 Å². The average molecular weight is 677 g/mol. The number of fused-ring (bicyclic) bond motifs is 6. The fraction of sp³-hybridized carbons (Fsp3) is 0.355. The van der Waals surface area contributed by atoms with Crippen LogP contribution < -0.4 is 16.0 Å². The third-order valence-corrected chi connectivity index (χ3v) is 11.2. The van der Waals surface area contributed by atoms with Crippen LogP contribution >= 0.6 is 34.9 Å². The lowest BCUT2D eigenvalue weighted by molar-refractivity contribution is -0.163. The number of hydrogen-bond donors (Lipinski definition) is 3. The van der Waals surface area contributed by atoms with Crippen molar-refractivity contribution in [3.63, 3.8) is 0 Å². The van der Waals surface area contributed by atoms with Gasteiger partial charge in [-0.15, -0.1) is 27.0 Å². The van der Waals surface area contributed by atoms with Crippen LogP contribution in [-0.4, -0.2) is 80.4 Å². The van der Waals surface area contributed by atoms with Crippen molar-refractivity contribution in [3.05, 3.63) is 57.8 Å². The van der Waals surface area contributed by atoms with E-state index in [0.717, 1.165) is 89.2 Å². The zero-order valence-electron chi connectivity index (χ0n) is 26.4. The lowest BCUT2D eigenvalue weighted by Gasteiger charge is -2.22. The average Bonchev–Trinajstić information content (AvgIpc) is 3.89. The van der Waals surface area contributed by atoms with Crippen LogP contribution in [0.4, 0.5) is 11.6 Å². The highest BCUT2D eigenvalue weighted by Crippen LogP contribution is 2.36. The van der Waals surface area contributed by atoms with Gasteiger partial charge in [0, 0.05) is 67.3 Å². The predicted molar refractivity (Wildman–Crippen MR) is 191 cm³/mol. The number of hydrogen-bond acceptors (Lipinski definition) is 13. The SMILES string of the molecule is CNc1nc2cc(C3=CCN(SOOC)CC3)sc2n2c(C)cnc12.CNc1nc2cc(C3=CCNCC3)sc2n2c(C)cnc12. The van der Waals surface area contributed by atoms with Gasteiger partial charge in [-0.25, -0.2) is 29.1 Å². The van der Waals surface area contributed by atoms with Crippen LogP contribution in [0.3, 0.4) is 0 Å². The van der Waals surface area contributed by atoms with Gasteiger partial charge in [0.15, 0.2) is 22.9 Å². The second-order valence-electron chi connectivity index (χ2n) is 11.0. The maximum Gasteiger partial charge on any atom is 0.181 e. The van der Waals surface area contributed by atoms with E-state index < -0.39 is 0 Å². The van der Waals surface area contributed by atoms with Crippen molar-refractivity contribution >= 4 is 89.7 Å². The highest BCUT2D eigenvalue weighted by Gasteiger charge is 2.20. The molecule has 15 heteroatoms. The van der Waals surface area contributed by atoms with Crippen LogP contribution in [0.2, 0.25) is 0 Å². The second kappa shape index (κ2) is 13.3. The van der Waals surface area contributed by atoms with Gasteiger partial charge >= 0.3 is 0 Å². The van der Waals surface area contributed by atoms with Gasteiger partial charge in [-0.1, -0.05) is 12.2 Å². The van der Waals surface area contributed by atoms with Crippen molar-refractivity contribution in [2.75, 3.05) is 58.0 Å². The fourth-order valence-corrected chi connectivity index (χ4v) is 8.70. The first-order valence-corrected chi connectivity index (χ1v) is 17.4. The minimum absolute atomic E-state index is 0.807. The quantitative estimate of drug-likeness (QED) is 0.0777. The van der Waals surface area contributed by atoms with Crippen LogP contribution in [0.5, 0.6) is 0 Å². The van der Waals surface area contributed by atoms with E-state index in [1.807, 2.05) is 37.8 Å². The minimum Gasteiger partial charge on any atom is -0.370 e. The highest BCUT2D eigenvalue weighted by molar-refractivity contribution is 7.92. The molecule has 0 spiro atoms. The third-order valence-electron chi connectivity index (χ3n) is 8.10. The summed E-state index contributed by atoms with van der Waals surface area (Å²) in [5, 5.41) is 9.66. The molecule has 3 N–H and O–H groups in total. The van der Waals surface area contributed by atoms with Crippen molar-refractivity contribution < 1.29 is 9.22 Å². The largest absolute Gasteiger partial charge is 0.370 e. The van der Waals surface area contributed by atoms with Gasteiger partial charge in [0.2, 0.25) is 0 Å². The Labute approximate surface area is 278 Å². The maximum absolute atomic E-state index is 4.93. The lowest BCUT2D eigenvalue weighted by atomic mass is 10.1. The van der Waals surface area contributed by atoms with E-state index in [1.165, 1.54) is 45.1 Å². The fourth-order valence-electron chi connectivity index (χ4n) is 5.80. The van der Waals surface area contributed by atoms with E-state index in [0.29, 0.717) is 0 Å². The second-order valence-corrected chi connectivity index (χ2v) is 13.9. The molecule has 0 saturated carbocycles. The number of rotatable bonds is 7. The van der Waals surface area contributed by atoms with E-state index >= 15 is 0 Å². The number of imidazole rings is 2. The molecule has 0 aliphatic carbocycles. The van der Waals surface area contributed by atoms with Gasteiger partial charge in [0.25, 0.3) is 0 Å². The maximum atomic E-state index is 4.93. The van der Waals surface area contributed by atoms with Crippen LogP contribution in [0.15, 0.2) is 36.7 Å². The highest BCUT2D eigenvalue weighted by atomic mass is 32.2. The van der Waals surface area contributed by atoms with E-state index in [9.17, 15) is 0 Å². The summed E-state index contributed by atoms with van der Waals surface area (Å²) in [5.41, 5.74) is 8.84. The molecule has 0 amide bonds. The zero-order chi connectivity index (χ0) is 31.8. The molecule has 0 bridgehead atoms. The molecule has 6 aromatic heterocycles. The molecule has 0 saturated heterocycles. The number of thiophene rings is 2. The first-order valence-electron chi connectivity index (χ1n) is 15.1. The Balaban J connectivity index is 0.000000149. The molecule has 0 radical (unpaired) electrons. The van der Waals surface area contributed by atoms with E-state index in [4.69, 9.17) is 14.3 Å². The third kappa shape index (κ3) is 5.76. The summed E-state index contributed by atoms with van der Waals surface area (Å²) in [5.74, 6) is 1.64. The molecule has 0 atom stereocenters. The molecule has 2 aliphatic heterocycles. The Hall–Kier alpha value is -3.57. The van der Waals surface area contributed by atoms with Crippen LogP contribution in [0.25, 0.3) is 43.1 Å². The summed E-state index contributed by atoms with van der Waals surface area (Å²) in [7, 11) is 5.28. The zero-order valence-corrected chi connectivity index (χ0v) is 28.8. The van der Waals surface area contributed by atoms with Gasteiger partial charge in [-0.3, -0.25) is 8.80 Å². The van der Waals surface area contributed by atoms with E-state index in [1.54, 1.807) is 11.3 Å². The molecule has 0 unspecified atom stereocenters. The van der Waals surface area contributed by atoms with Crippen molar-refractivity contribution in [1.29, 1.82) is 0 Å². The van der Waals surface area contributed by atoms with Crippen LogP contribution in [-0.2, 0) is 9.22 Å². The Bertz CT molecular complexity index is 2110. The van der Waals surface area contributed by atoms with Crippen molar-refractivity contribution in [1.82, 2.24) is 38.4 Å². The molecule has 0 fully saturated rings.